The van der Waals surface area contributed by atoms with Crippen LogP contribution in [0.2, 0.25) is 5.02 Å². The lowest BCUT2D eigenvalue weighted by molar-refractivity contribution is -0.139. The van der Waals surface area contributed by atoms with Gasteiger partial charge in [0, 0.05) is 18.1 Å². The molecule has 3 aromatic carbocycles. The van der Waals surface area contributed by atoms with Crippen molar-refractivity contribution in [3.8, 4) is 0 Å². The van der Waals surface area contributed by atoms with Gasteiger partial charge < -0.3 is 10.2 Å². The zero-order chi connectivity index (χ0) is 27.2. The molecule has 0 saturated heterocycles. The molecule has 0 aliphatic rings. The topological polar surface area (TPSA) is 86.8 Å². The molecule has 2 amide bonds. The van der Waals surface area contributed by atoms with Crippen molar-refractivity contribution in [2.75, 3.05) is 17.4 Å². The highest BCUT2D eigenvalue weighted by Gasteiger charge is 2.32. The average Bonchev–Trinajstić information content (AvgIpc) is 2.88. The molecule has 0 aliphatic carbocycles. The molecule has 0 bridgehead atoms. The van der Waals surface area contributed by atoms with E-state index in [2.05, 4.69) is 5.32 Å². The summed E-state index contributed by atoms with van der Waals surface area (Å²) in [5.41, 5.74) is 1.54. The third-order valence-corrected chi connectivity index (χ3v) is 8.03. The summed E-state index contributed by atoms with van der Waals surface area (Å²) in [5.74, 6) is -1.44. The number of hydrogen-bond acceptors (Lipinski definition) is 4. The molecular formula is C27H29ClFN3O4S. The van der Waals surface area contributed by atoms with Gasteiger partial charge in [0.2, 0.25) is 11.8 Å². The van der Waals surface area contributed by atoms with Crippen LogP contribution in [0.5, 0.6) is 0 Å². The summed E-state index contributed by atoms with van der Waals surface area (Å²) >= 11 is 6.30. The number of sulfonamides is 1. The van der Waals surface area contributed by atoms with E-state index in [4.69, 9.17) is 11.6 Å². The first-order valence-electron chi connectivity index (χ1n) is 11.7. The van der Waals surface area contributed by atoms with Crippen molar-refractivity contribution in [2.24, 2.45) is 0 Å². The van der Waals surface area contributed by atoms with Crippen LogP contribution in [0.4, 0.5) is 10.1 Å². The normalized spacial score (nSPS) is 12.0. The van der Waals surface area contributed by atoms with E-state index in [1.165, 1.54) is 47.4 Å². The molecule has 3 aromatic rings. The highest BCUT2D eigenvalue weighted by Crippen LogP contribution is 2.28. The molecule has 0 aromatic heterocycles. The molecule has 37 heavy (non-hydrogen) atoms. The summed E-state index contributed by atoms with van der Waals surface area (Å²) in [6.07, 6.45) is 0. The number of carbonyl (C=O) groups is 2. The summed E-state index contributed by atoms with van der Waals surface area (Å²) in [6, 6.07) is 17.1. The molecule has 10 heteroatoms. The van der Waals surface area contributed by atoms with Gasteiger partial charge in [-0.05, 0) is 68.3 Å². The number of hydrogen-bond donors (Lipinski definition) is 1. The SMILES string of the molecule is CCNC(=O)[C@H](C)N(Cc1ccc(F)cc1)C(=O)CN(c1ccc(C)c(Cl)c1)S(=O)(=O)c1ccccc1. The fraction of sp³-hybridized carbons (Fsp3) is 0.259. The molecule has 1 atom stereocenters. The van der Waals surface area contributed by atoms with Gasteiger partial charge >= 0.3 is 0 Å². The Hall–Kier alpha value is -3.43. The number of benzene rings is 3. The highest BCUT2D eigenvalue weighted by molar-refractivity contribution is 7.92. The van der Waals surface area contributed by atoms with Crippen molar-refractivity contribution in [3.05, 3.63) is 94.8 Å². The smallest absolute Gasteiger partial charge is 0.264 e. The number of nitrogens with one attached hydrogen (secondary N) is 1. The fourth-order valence-corrected chi connectivity index (χ4v) is 5.28. The Morgan fingerprint density at radius 1 is 1.03 bits per heavy atom. The van der Waals surface area contributed by atoms with Crippen LogP contribution < -0.4 is 9.62 Å². The zero-order valence-corrected chi connectivity index (χ0v) is 22.4. The Bertz CT molecular complexity index is 1350. The summed E-state index contributed by atoms with van der Waals surface area (Å²) in [7, 11) is -4.17. The molecule has 1 N–H and O–H groups in total. The van der Waals surface area contributed by atoms with Crippen LogP contribution in [0.3, 0.4) is 0 Å². The lowest BCUT2D eigenvalue weighted by atomic mass is 10.1. The quantitative estimate of drug-likeness (QED) is 0.405. The van der Waals surface area contributed by atoms with E-state index >= 15 is 0 Å². The second-order valence-electron chi connectivity index (χ2n) is 8.48. The van der Waals surface area contributed by atoms with Gasteiger partial charge in [-0.2, -0.15) is 0 Å². The molecule has 0 spiro atoms. The number of likely N-dealkylation sites (N-methyl/N-ethyl adjacent to an activating group) is 1. The maximum absolute atomic E-state index is 13.7. The Morgan fingerprint density at radius 3 is 2.27 bits per heavy atom. The molecule has 0 fully saturated rings. The number of amides is 2. The Kier molecular flexibility index (Phi) is 9.29. The monoisotopic (exact) mass is 545 g/mol. The number of rotatable bonds is 10. The zero-order valence-electron chi connectivity index (χ0n) is 20.8. The van der Waals surface area contributed by atoms with E-state index in [1.54, 1.807) is 51.1 Å². The second-order valence-corrected chi connectivity index (χ2v) is 10.7. The molecule has 0 heterocycles. The van der Waals surface area contributed by atoms with Gasteiger partial charge in [0.05, 0.1) is 10.6 Å². The first kappa shape index (κ1) is 28.1. The van der Waals surface area contributed by atoms with E-state index in [9.17, 15) is 22.4 Å². The third kappa shape index (κ3) is 6.87. The predicted octanol–water partition coefficient (Wildman–Crippen LogP) is 4.54. The van der Waals surface area contributed by atoms with Gasteiger partial charge in [-0.1, -0.05) is 48.0 Å². The van der Waals surface area contributed by atoms with Gasteiger partial charge in [-0.25, -0.2) is 12.8 Å². The molecular weight excluding hydrogens is 517 g/mol. The van der Waals surface area contributed by atoms with Crippen LogP contribution in [0, 0.1) is 12.7 Å². The second kappa shape index (κ2) is 12.2. The van der Waals surface area contributed by atoms with Crippen LogP contribution >= 0.6 is 11.6 Å². The number of carbonyl (C=O) groups excluding carboxylic acids is 2. The average molecular weight is 546 g/mol. The minimum atomic E-state index is -4.17. The summed E-state index contributed by atoms with van der Waals surface area (Å²) < 4.78 is 41.8. The first-order chi connectivity index (χ1) is 17.5. The van der Waals surface area contributed by atoms with E-state index in [-0.39, 0.29) is 17.1 Å². The number of anilines is 1. The van der Waals surface area contributed by atoms with Gasteiger partial charge in [0.15, 0.2) is 0 Å². The molecule has 196 valence electrons. The largest absolute Gasteiger partial charge is 0.355 e. The molecule has 7 nitrogen and oxygen atoms in total. The van der Waals surface area contributed by atoms with E-state index in [1.807, 2.05) is 0 Å². The van der Waals surface area contributed by atoms with Crippen LogP contribution in [-0.4, -0.2) is 44.3 Å². The van der Waals surface area contributed by atoms with Gasteiger partial charge in [-0.3, -0.25) is 13.9 Å². The Morgan fingerprint density at radius 2 is 1.68 bits per heavy atom. The van der Waals surface area contributed by atoms with Gasteiger partial charge in [-0.15, -0.1) is 0 Å². The Balaban J connectivity index is 2.03. The minimum Gasteiger partial charge on any atom is -0.355 e. The van der Waals surface area contributed by atoms with Crippen LogP contribution in [0.25, 0.3) is 0 Å². The molecule has 0 aliphatic heterocycles. The summed E-state index contributed by atoms with van der Waals surface area (Å²) in [5, 5.41) is 3.03. The van der Waals surface area contributed by atoms with Crippen molar-refractivity contribution in [3.63, 3.8) is 0 Å². The van der Waals surface area contributed by atoms with Crippen molar-refractivity contribution in [2.45, 2.75) is 38.3 Å². The van der Waals surface area contributed by atoms with Crippen LogP contribution in [-0.2, 0) is 26.2 Å². The fourth-order valence-electron chi connectivity index (χ4n) is 3.68. The van der Waals surface area contributed by atoms with Gasteiger partial charge in [0.1, 0.15) is 18.4 Å². The molecule has 0 saturated carbocycles. The third-order valence-electron chi connectivity index (χ3n) is 5.84. The number of aryl methyl sites for hydroxylation is 1. The van der Waals surface area contributed by atoms with E-state index in [0.29, 0.717) is 17.1 Å². The van der Waals surface area contributed by atoms with Gasteiger partial charge in [0.25, 0.3) is 10.0 Å². The molecule has 0 unspecified atom stereocenters. The van der Waals surface area contributed by atoms with Crippen molar-refractivity contribution in [1.82, 2.24) is 10.2 Å². The first-order valence-corrected chi connectivity index (χ1v) is 13.5. The molecule has 0 radical (unpaired) electrons. The minimum absolute atomic E-state index is 0.00126. The predicted molar refractivity (Wildman–Crippen MR) is 142 cm³/mol. The Labute approximate surface area is 221 Å². The standard InChI is InChI=1S/C27H29ClFN3O4S/c1-4-30-27(34)20(3)31(17-21-11-13-22(29)14-12-21)26(33)18-32(23-15-10-19(2)25(28)16-23)37(35,36)24-8-6-5-7-9-24/h5-16,20H,4,17-18H2,1-3H3,(H,30,34)/t20-/m0/s1. The van der Waals surface area contributed by atoms with Crippen LogP contribution in [0.15, 0.2) is 77.7 Å². The highest BCUT2D eigenvalue weighted by atomic mass is 35.5. The van der Waals surface area contributed by atoms with E-state index < -0.39 is 40.2 Å². The van der Waals surface area contributed by atoms with Crippen LogP contribution in [0.1, 0.15) is 25.0 Å². The maximum Gasteiger partial charge on any atom is 0.264 e. The lowest BCUT2D eigenvalue weighted by Gasteiger charge is -2.32. The number of nitrogens with zero attached hydrogens (tertiary/aromatic N) is 2. The van der Waals surface area contributed by atoms with Crippen molar-refractivity contribution in [1.29, 1.82) is 0 Å². The summed E-state index contributed by atoms with van der Waals surface area (Å²) in [4.78, 5) is 27.7. The van der Waals surface area contributed by atoms with E-state index in [0.717, 1.165) is 9.87 Å². The van der Waals surface area contributed by atoms with Crippen molar-refractivity contribution < 1.29 is 22.4 Å². The lowest BCUT2D eigenvalue weighted by Crippen LogP contribution is -2.51. The van der Waals surface area contributed by atoms with Crippen molar-refractivity contribution >= 4 is 39.1 Å². The summed E-state index contributed by atoms with van der Waals surface area (Å²) in [6.45, 7) is 4.86. The molecule has 3 rings (SSSR count). The number of halogens is 2. The maximum atomic E-state index is 13.7.